The predicted molar refractivity (Wildman–Crippen MR) is 174 cm³/mol. The van der Waals surface area contributed by atoms with Gasteiger partial charge in [-0.1, -0.05) is 86.3 Å². The van der Waals surface area contributed by atoms with Gasteiger partial charge in [0, 0.05) is 41.6 Å². The van der Waals surface area contributed by atoms with Gasteiger partial charge < -0.3 is 14.1 Å². The summed E-state index contributed by atoms with van der Waals surface area (Å²) < 4.78 is 10.2. The quantitative estimate of drug-likeness (QED) is 0.141. The summed E-state index contributed by atoms with van der Waals surface area (Å²) in [7, 11) is 1.86. The number of aromatic nitrogens is 3. The van der Waals surface area contributed by atoms with Gasteiger partial charge in [0.05, 0.1) is 13.2 Å². The Balaban J connectivity index is 0.000000191. The Morgan fingerprint density at radius 2 is 1.70 bits per heavy atom. The smallest absolute Gasteiger partial charge is 0.246 e. The van der Waals surface area contributed by atoms with E-state index in [4.69, 9.17) is 9.40 Å². The molecule has 0 saturated carbocycles. The van der Waals surface area contributed by atoms with Gasteiger partial charge >= 0.3 is 0 Å². The Morgan fingerprint density at radius 3 is 2.50 bits per heavy atom. The molecule has 221 valence electrons. The molecule has 0 fully saturated rings. The van der Waals surface area contributed by atoms with E-state index in [1.807, 2.05) is 30.6 Å². The minimum Gasteiger partial charge on any atom is -0.513 e. The molecule has 7 heteroatoms. The van der Waals surface area contributed by atoms with Gasteiger partial charge in [0.1, 0.15) is 16.8 Å². The molecule has 1 radical (unpaired) electrons. The Bertz CT molecular complexity index is 2260. The van der Waals surface area contributed by atoms with Gasteiger partial charge in [0.25, 0.3) is 0 Å². The number of aryl methyl sites for hydroxylation is 1. The molecule has 4 heterocycles. The summed E-state index contributed by atoms with van der Waals surface area (Å²) >= 11 is 1.81. The van der Waals surface area contributed by atoms with E-state index < -0.39 is 0 Å². The van der Waals surface area contributed by atoms with Crippen LogP contribution in [0.4, 0.5) is 0 Å². The predicted octanol–water partition coefficient (Wildman–Crippen LogP) is 8.89. The molecule has 0 bridgehead atoms. The zero-order chi connectivity index (χ0) is 29.7. The van der Waals surface area contributed by atoms with Crippen LogP contribution >= 0.6 is 11.3 Å². The zero-order valence-corrected chi connectivity index (χ0v) is 28.0. The number of hydrogen-bond donors (Lipinski definition) is 1. The van der Waals surface area contributed by atoms with Gasteiger partial charge in [-0.05, 0) is 40.6 Å². The molecule has 1 N–H and O–H groups in total. The van der Waals surface area contributed by atoms with Gasteiger partial charge in [0.2, 0.25) is 12.0 Å². The van der Waals surface area contributed by atoms with Crippen LogP contribution in [0.2, 0.25) is 0 Å². The molecule has 0 spiro atoms. The van der Waals surface area contributed by atoms with Crippen molar-refractivity contribution in [1.82, 2.24) is 9.38 Å². The number of rotatable bonds is 2. The SMILES string of the molecule is CC(C)(C)c1cc(-c2nccc3cc(-c4ccccc4)sc23)[c-]c2ccccc12.C[n+]1[c-]n2c(c1)oc1cccc(O)c12.[Ir]. The molecule has 0 unspecified atom stereocenters. The minimum atomic E-state index is 0. The van der Waals surface area contributed by atoms with Gasteiger partial charge in [-0.25, -0.2) is 0 Å². The monoisotopic (exact) mass is 773 g/mol. The second kappa shape index (κ2) is 11.7. The summed E-state index contributed by atoms with van der Waals surface area (Å²) in [6.45, 7) is 6.81. The second-order valence-electron chi connectivity index (χ2n) is 11.7. The number of thiophene rings is 1. The summed E-state index contributed by atoms with van der Waals surface area (Å²) in [6.07, 6.45) is 6.72. The molecule has 8 rings (SSSR count). The van der Waals surface area contributed by atoms with E-state index in [-0.39, 0.29) is 31.3 Å². The topological polar surface area (TPSA) is 54.5 Å². The number of para-hydroxylation sites is 1. The van der Waals surface area contributed by atoms with E-state index >= 15 is 0 Å². The minimum absolute atomic E-state index is 0. The summed E-state index contributed by atoms with van der Waals surface area (Å²) in [5.74, 6) is 0.203. The molecule has 8 aromatic rings. The van der Waals surface area contributed by atoms with Crippen LogP contribution < -0.4 is 4.57 Å². The number of imidazole rings is 1. The fourth-order valence-electron chi connectivity index (χ4n) is 5.50. The molecule has 0 aliphatic carbocycles. The third kappa shape index (κ3) is 5.43. The van der Waals surface area contributed by atoms with Crippen molar-refractivity contribution in [1.29, 1.82) is 0 Å². The number of pyridine rings is 1. The number of hydrogen-bond acceptors (Lipinski definition) is 4. The van der Waals surface area contributed by atoms with Crippen molar-refractivity contribution in [3.8, 4) is 27.4 Å². The summed E-state index contributed by atoms with van der Waals surface area (Å²) in [4.78, 5) is 6.06. The van der Waals surface area contributed by atoms with E-state index in [2.05, 4.69) is 106 Å². The van der Waals surface area contributed by atoms with E-state index in [9.17, 15) is 5.11 Å². The van der Waals surface area contributed by atoms with Crippen molar-refractivity contribution < 1.29 is 34.2 Å². The van der Waals surface area contributed by atoms with Crippen LogP contribution in [0.1, 0.15) is 26.3 Å². The van der Waals surface area contributed by atoms with E-state index in [1.54, 1.807) is 27.3 Å². The van der Waals surface area contributed by atoms with Crippen molar-refractivity contribution >= 4 is 49.0 Å². The van der Waals surface area contributed by atoms with Crippen molar-refractivity contribution in [3.05, 3.63) is 121 Å². The maximum atomic E-state index is 9.66. The number of aromatic hydroxyl groups is 1. The number of benzene rings is 4. The average molecular weight is 773 g/mol. The van der Waals surface area contributed by atoms with Gasteiger partial charge in [-0.2, -0.15) is 0 Å². The maximum absolute atomic E-state index is 9.66. The van der Waals surface area contributed by atoms with Crippen molar-refractivity contribution in [2.24, 2.45) is 7.05 Å². The fourth-order valence-corrected chi connectivity index (χ4v) is 6.67. The van der Waals surface area contributed by atoms with Gasteiger partial charge in [-0.15, -0.1) is 40.5 Å². The molecule has 0 saturated heterocycles. The summed E-state index contributed by atoms with van der Waals surface area (Å²) in [5, 5.41) is 13.3. The molecule has 4 aromatic heterocycles. The van der Waals surface area contributed by atoms with E-state index in [0.29, 0.717) is 16.8 Å². The third-order valence-electron chi connectivity index (χ3n) is 7.53. The third-order valence-corrected chi connectivity index (χ3v) is 8.73. The normalized spacial score (nSPS) is 11.5. The standard InChI is InChI=1S/C27H22NS.C10H8N2O2.Ir/c1-27(2,3)23-16-21(15-19-11-7-8-12-22(19)23)25-26-20(13-14-28-25)17-24(29-26)18-9-5-4-6-10-18;1-11-5-9-12(6-11)10-7(13)3-2-4-8(10)14-9;/h4-14,16-17H,1-3H3;2-5,13H,1H3;/q-1;;. The van der Waals surface area contributed by atoms with Gasteiger partial charge in [-0.3, -0.25) is 9.38 Å². The first-order valence-corrected chi connectivity index (χ1v) is 15.0. The fraction of sp³-hybridized carbons (Fsp3) is 0.135. The molecule has 0 amide bonds. The number of fused-ring (bicyclic) bond motifs is 5. The van der Waals surface area contributed by atoms with Crippen LogP contribution in [0, 0.1) is 12.4 Å². The second-order valence-corrected chi connectivity index (χ2v) is 12.7. The van der Waals surface area contributed by atoms with E-state index in [0.717, 1.165) is 16.6 Å². The van der Waals surface area contributed by atoms with Crippen LogP contribution in [0.15, 0.2) is 108 Å². The Hall–Kier alpha value is -4.29. The number of phenolic OH excluding ortho intramolecular Hbond substituents is 1. The molecule has 0 aliphatic heterocycles. The van der Waals surface area contributed by atoms with Gasteiger partial charge in [0.15, 0.2) is 0 Å². The molecular formula is C37H30IrN3O2S-. The molecular weight excluding hydrogens is 743 g/mol. The number of phenols is 1. The molecule has 4 aromatic carbocycles. The molecule has 44 heavy (non-hydrogen) atoms. The Morgan fingerprint density at radius 1 is 0.932 bits per heavy atom. The molecule has 5 nitrogen and oxygen atoms in total. The van der Waals surface area contributed by atoms with Crippen LogP contribution in [-0.2, 0) is 32.6 Å². The van der Waals surface area contributed by atoms with Crippen LogP contribution in [0.5, 0.6) is 5.75 Å². The van der Waals surface area contributed by atoms with Crippen LogP contribution in [-0.4, -0.2) is 14.5 Å². The van der Waals surface area contributed by atoms with Crippen molar-refractivity contribution in [2.45, 2.75) is 26.2 Å². The summed E-state index contributed by atoms with van der Waals surface area (Å²) in [5.41, 5.74) is 6.70. The molecule has 0 atom stereocenters. The first kappa shape index (κ1) is 29.8. The zero-order valence-electron chi connectivity index (χ0n) is 24.8. The maximum Gasteiger partial charge on any atom is 0.246 e. The van der Waals surface area contributed by atoms with Crippen molar-refractivity contribution in [3.63, 3.8) is 0 Å². The Labute approximate surface area is 273 Å². The van der Waals surface area contributed by atoms with Crippen LogP contribution in [0.3, 0.4) is 0 Å². The van der Waals surface area contributed by atoms with Crippen LogP contribution in [0.25, 0.3) is 59.4 Å². The first-order chi connectivity index (χ1) is 20.8. The molecule has 0 aliphatic rings. The van der Waals surface area contributed by atoms with Crippen molar-refractivity contribution in [2.75, 3.05) is 0 Å². The largest absolute Gasteiger partial charge is 0.513 e. The number of oxazole rings is 1. The number of nitrogens with zero attached hydrogens (tertiary/aromatic N) is 3. The Kier molecular flexibility index (Phi) is 7.89. The van der Waals surface area contributed by atoms with E-state index in [1.165, 1.54) is 31.5 Å². The summed E-state index contributed by atoms with van der Waals surface area (Å²) in [6, 6.07) is 34.6. The first-order valence-electron chi connectivity index (χ1n) is 14.2. The average Bonchev–Trinajstić information content (AvgIpc) is 3.69.